The maximum Gasteiger partial charge on any atom is 0.309 e. The molecule has 2 heterocycles. The lowest BCUT2D eigenvalue weighted by Gasteiger charge is -2.44. The molecule has 2 rings (SSSR count). The van der Waals surface area contributed by atoms with Crippen LogP contribution in [0.25, 0.3) is 0 Å². The molecule has 4 nitrogen and oxygen atoms in total. The van der Waals surface area contributed by atoms with Crippen LogP contribution in [0.1, 0.15) is 46.0 Å². The van der Waals surface area contributed by atoms with Crippen LogP contribution in [0.3, 0.4) is 0 Å². The molecule has 0 bridgehead atoms. The van der Waals surface area contributed by atoms with Crippen LogP contribution >= 0.6 is 0 Å². The van der Waals surface area contributed by atoms with E-state index in [1.165, 1.54) is 38.9 Å². The number of piperidine rings is 1. The highest BCUT2D eigenvalue weighted by Crippen LogP contribution is 2.24. The van der Waals surface area contributed by atoms with E-state index in [4.69, 9.17) is 5.11 Å². The van der Waals surface area contributed by atoms with Gasteiger partial charge in [0.25, 0.3) is 0 Å². The second kappa shape index (κ2) is 6.23. The summed E-state index contributed by atoms with van der Waals surface area (Å²) in [4.78, 5) is 16.2. The van der Waals surface area contributed by atoms with E-state index in [1.807, 2.05) is 13.8 Å². The first-order valence-electron chi connectivity index (χ1n) is 7.69. The number of nitrogens with zero attached hydrogens (tertiary/aromatic N) is 2. The van der Waals surface area contributed by atoms with Crippen molar-refractivity contribution in [1.29, 1.82) is 0 Å². The van der Waals surface area contributed by atoms with E-state index in [0.29, 0.717) is 0 Å². The lowest BCUT2D eigenvalue weighted by molar-refractivity contribution is -0.147. The Balaban J connectivity index is 1.71. The van der Waals surface area contributed by atoms with Crippen LogP contribution in [0.15, 0.2) is 0 Å². The van der Waals surface area contributed by atoms with Gasteiger partial charge in [-0.1, -0.05) is 6.42 Å². The third kappa shape index (κ3) is 3.93. The molecule has 110 valence electrons. The van der Waals surface area contributed by atoms with Gasteiger partial charge < -0.3 is 10.0 Å². The first-order chi connectivity index (χ1) is 8.99. The zero-order valence-corrected chi connectivity index (χ0v) is 12.4. The molecule has 1 N–H and O–H groups in total. The van der Waals surface area contributed by atoms with Gasteiger partial charge in [-0.05, 0) is 52.6 Å². The number of fused-ring (bicyclic) bond motifs is 1. The Morgan fingerprint density at radius 3 is 2.79 bits per heavy atom. The van der Waals surface area contributed by atoms with E-state index >= 15 is 0 Å². The van der Waals surface area contributed by atoms with Crippen molar-refractivity contribution < 1.29 is 9.90 Å². The third-order valence-corrected chi connectivity index (χ3v) is 4.78. The van der Waals surface area contributed by atoms with Gasteiger partial charge in [-0.2, -0.15) is 0 Å². The van der Waals surface area contributed by atoms with E-state index in [2.05, 4.69) is 9.80 Å². The predicted octanol–water partition coefficient (Wildman–Crippen LogP) is 2.05. The lowest BCUT2D eigenvalue weighted by atomic mass is 9.88. The first kappa shape index (κ1) is 14.8. The van der Waals surface area contributed by atoms with Gasteiger partial charge in [-0.15, -0.1) is 0 Å². The molecule has 0 amide bonds. The van der Waals surface area contributed by atoms with Crippen molar-refractivity contribution in [3.05, 3.63) is 0 Å². The Morgan fingerprint density at radius 1 is 1.26 bits per heavy atom. The SMILES string of the molecule is CC(C)(CCCN1CCN2CCCCC2C1)C(=O)O. The number of carboxylic acids is 1. The normalized spacial score (nSPS) is 26.1. The van der Waals surface area contributed by atoms with Crippen LogP contribution in [0.4, 0.5) is 0 Å². The van der Waals surface area contributed by atoms with Gasteiger partial charge in [-0.3, -0.25) is 9.69 Å². The molecule has 0 aromatic heterocycles. The van der Waals surface area contributed by atoms with E-state index in [1.54, 1.807) is 0 Å². The molecule has 2 fully saturated rings. The summed E-state index contributed by atoms with van der Waals surface area (Å²) in [6, 6.07) is 0.759. The fourth-order valence-corrected chi connectivity index (χ4v) is 3.27. The second-order valence-electron chi connectivity index (χ2n) is 6.78. The quantitative estimate of drug-likeness (QED) is 0.829. The average molecular weight is 268 g/mol. The molecule has 0 spiro atoms. The van der Waals surface area contributed by atoms with Gasteiger partial charge in [0.2, 0.25) is 0 Å². The summed E-state index contributed by atoms with van der Waals surface area (Å²) in [5, 5.41) is 9.11. The summed E-state index contributed by atoms with van der Waals surface area (Å²) in [7, 11) is 0. The summed E-state index contributed by atoms with van der Waals surface area (Å²) >= 11 is 0. The number of carbonyl (C=O) groups is 1. The molecular formula is C15H28N2O2. The van der Waals surface area contributed by atoms with E-state index in [9.17, 15) is 4.79 Å². The Hall–Kier alpha value is -0.610. The smallest absolute Gasteiger partial charge is 0.309 e. The van der Waals surface area contributed by atoms with Gasteiger partial charge in [0.15, 0.2) is 0 Å². The highest BCUT2D eigenvalue weighted by molar-refractivity contribution is 5.73. The zero-order chi connectivity index (χ0) is 13.9. The fraction of sp³-hybridized carbons (Fsp3) is 0.933. The number of piperazine rings is 1. The van der Waals surface area contributed by atoms with Gasteiger partial charge in [0.05, 0.1) is 5.41 Å². The van der Waals surface area contributed by atoms with Gasteiger partial charge >= 0.3 is 5.97 Å². The molecule has 0 saturated carbocycles. The Morgan fingerprint density at radius 2 is 2.05 bits per heavy atom. The summed E-state index contributed by atoms with van der Waals surface area (Å²) in [5.74, 6) is -0.676. The van der Waals surface area contributed by atoms with Crippen LogP contribution in [-0.2, 0) is 4.79 Å². The Labute approximate surface area is 116 Å². The van der Waals surface area contributed by atoms with E-state index in [0.717, 1.165) is 32.0 Å². The molecule has 1 unspecified atom stereocenters. The van der Waals surface area contributed by atoms with Crippen molar-refractivity contribution in [3.8, 4) is 0 Å². The van der Waals surface area contributed by atoms with E-state index in [-0.39, 0.29) is 0 Å². The zero-order valence-electron chi connectivity index (χ0n) is 12.4. The minimum absolute atomic E-state index is 0.577. The van der Waals surface area contributed by atoms with Gasteiger partial charge in [0, 0.05) is 25.7 Å². The van der Waals surface area contributed by atoms with Crippen LogP contribution < -0.4 is 0 Å². The van der Waals surface area contributed by atoms with Crippen molar-refractivity contribution in [2.45, 2.75) is 52.0 Å². The molecule has 0 aromatic rings. The van der Waals surface area contributed by atoms with Crippen molar-refractivity contribution in [2.24, 2.45) is 5.41 Å². The second-order valence-corrected chi connectivity index (χ2v) is 6.78. The van der Waals surface area contributed by atoms with Gasteiger partial charge in [-0.25, -0.2) is 0 Å². The van der Waals surface area contributed by atoms with Crippen molar-refractivity contribution in [3.63, 3.8) is 0 Å². The first-order valence-corrected chi connectivity index (χ1v) is 7.69. The molecule has 0 radical (unpaired) electrons. The maximum absolute atomic E-state index is 11.1. The highest BCUT2D eigenvalue weighted by Gasteiger charge is 2.30. The summed E-state index contributed by atoms with van der Waals surface area (Å²) in [6.45, 7) is 9.54. The number of rotatable bonds is 5. The highest BCUT2D eigenvalue weighted by atomic mass is 16.4. The number of aliphatic carboxylic acids is 1. The molecule has 0 aromatic carbocycles. The topological polar surface area (TPSA) is 43.8 Å². The Bertz CT molecular complexity index is 317. The third-order valence-electron chi connectivity index (χ3n) is 4.78. The molecular weight excluding hydrogens is 240 g/mol. The van der Waals surface area contributed by atoms with Crippen LogP contribution in [0.5, 0.6) is 0 Å². The molecule has 2 saturated heterocycles. The summed E-state index contributed by atoms with van der Waals surface area (Å²) in [5.41, 5.74) is -0.577. The Kier molecular flexibility index (Phi) is 4.85. The summed E-state index contributed by atoms with van der Waals surface area (Å²) in [6.07, 6.45) is 5.85. The summed E-state index contributed by atoms with van der Waals surface area (Å²) < 4.78 is 0. The average Bonchev–Trinajstić information content (AvgIpc) is 2.38. The molecule has 2 aliphatic rings. The minimum Gasteiger partial charge on any atom is -0.481 e. The van der Waals surface area contributed by atoms with Crippen molar-refractivity contribution >= 4 is 5.97 Å². The predicted molar refractivity (Wildman–Crippen MR) is 76.3 cm³/mol. The van der Waals surface area contributed by atoms with E-state index < -0.39 is 11.4 Å². The standard InChI is InChI=1S/C15H28N2O2/c1-15(2,14(18)19)7-5-8-16-10-11-17-9-4-3-6-13(17)12-16/h13H,3-12H2,1-2H3,(H,18,19). The maximum atomic E-state index is 11.1. The molecule has 19 heavy (non-hydrogen) atoms. The molecule has 4 heteroatoms. The van der Waals surface area contributed by atoms with Crippen molar-refractivity contribution in [2.75, 3.05) is 32.7 Å². The largest absolute Gasteiger partial charge is 0.481 e. The lowest BCUT2D eigenvalue weighted by Crippen LogP contribution is -2.54. The van der Waals surface area contributed by atoms with Gasteiger partial charge in [0.1, 0.15) is 0 Å². The van der Waals surface area contributed by atoms with Crippen LogP contribution in [-0.4, -0.2) is 59.6 Å². The van der Waals surface area contributed by atoms with Crippen molar-refractivity contribution in [1.82, 2.24) is 9.80 Å². The molecule has 2 aliphatic heterocycles. The van der Waals surface area contributed by atoms with Crippen LogP contribution in [0.2, 0.25) is 0 Å². The number of carboxylic acid groups (broad SMARTS) is 1. The minimum atomic E-state index is -0.676. The molecule has 1 atom stereocenters. The monoisotopic (exact) mass is 268 g/mol. The fourth-order valence-electron chi connectivity index (χ4n) is 3.27. The number of hydrogen-bond acceptors (Lipinski definition) is 3. The van der Waals surface area contributed by atoms with Crippen LogP contribution in [0, 0.1) is 5.41 Å². The molecule has 0 aliphatic carbocycles. The number of hydrogen-bond donors (Lipinski definition) is 1.